The molecule has 0 bridgehead atoms. The summed E-state index contributed by atoms with van der Waals surface area (Å²) in [6.07, 6.45) is 5.73. The maximum atomic E-state index is 12.7. The normalized spacial score (nSPS) is 11.3. The number of hydrogen-bond donors (Lipinski definition) is 1. The van der Waals surface area contributed by atoms with Crippen LogP contribution in [0.2, 0.25) is 0 Å². The Labute approximate surface area is 141 Å². The zero-order chi connectivity index (χ0) is 16.9. The van der Waals surface area contributed by atoms with Gasteiger partial charge in [0.15, 0.2) is 0 Å². The average molecular weight is 341 g/mol. The number of hydrogen-bond acceptors (Lipinski definition) is 5. The van der Waals surface area contributed by atoms with E-state index in [0.29, 0.717) is 29.7 Å². The Kier molecular flexibility index (Phi) is 4.81. The molecule has 2 aromatic heterocycles. The topological polar surface area (TPSA) is 85.1 Å². The summed E-state index contributed by atoms with van der Waals surface area (Å²) in [6.45, 7) is 0.311. The van der Waals surface area contributed by atoms with E-state index >= 15 is 0 Å². The number of carbonyl (C=O) groups is 1. The number of rotatable bonds is 6. The first-order valence-corrected chi connectivity index (χ1v) is 8.31. The number of aromatic nitrogens is 3. The van der Waals surface area contributed by atoms with Crippen LogP contribution in [0.15, 0.2) is 40.8 Å². The van der Waals surface area contributed by atoms with Gasteiger partial charge in [0.1, 0.15) is 5.82 Å². The molecule has 0 radical (unpaired) electrons. The summed E-state index contributed by atoms with van der Waals surface area (Å²) >= 11 is 1.49. The highest BCUT2D eigenvalue weighted by Gasteiger charge is 2.09. The molecule has 24 heavy (non-hydrogen) atoms. The van der Waals surface area contributed by atoms with Crippen LogP contribution in [0, 0.1) is 0 Å². The Balaban J connectivity index is 2.03. The maximum Gasteiger partial charge on any atom is 0.303 e. The van der Waals surface area contributed by atoms with Crippen molar-refractivity contribution < 1.29 is 9.90 Å². The van der Waals surface area contributed by atoms with Gasteiger partial charge >= 0.3 is 5.97 Å². The van der Waals surface area contributed by atoms with Crippen LogP contribution in [0.3, 0.4) is 0 Å². The molecule has 0 aliphatic heterocycles. The van der Waals surface area contributed by atoms with E-state index in [1.807, 2.05) is 12.1 Å². The van der Waals surface area contributed by atoms with Crippen LogP contribution in [0.4, 0.5) is 0 Å². The molecule has 3 aromatic rings. The minimum atomic E-state index is -0.876. The molecule has 122 valence electrons. The summed E-state index contributed by atoms with van der Waals surface area (Å²) in [6, 6.07) is 7.15. The largest absolute Gasteiger partial charge is 0.481 e. The molecule has 1 N–H and O–H groups in total. The van der Waals surface area contributed by atoms with Crippen molar-refractivity contribution >= 4 is 40.4 Å². The van der Waals surface area contributed by atoms with Crippen LogP contribution in [0.25, 0.3) is 23.1 Å². The van der Waals surface area contributed by atoms with Gasteiger partial charge in [-0.3, -0.25) is 19.1 Å². The van der Waals surface area contributed by atoms with Crippen molar-refractivity contribution in [1.29, 1.82) is 0 Å². The summed E-state index contributed by atoms with van der Waals surface area (Å²) in [7, 11) is 0. The van der Waals surface area contributed by atoms with Crippen molar-refractivity contribution in [2.24, 2.45) is 0 Å². The predicted molar refractivity (Wildman–Crippen MR) is 93.9 cm³/mol. The third-order valence-electron chi connectivity index (χ3n) is 3.51. The van der Waals surface area contributed by atoms with E-state index in [2.05, 4.69) is 9.97 Å². The lowest BCUT2D eigenvalue weighted by molar-refractivity contribution is -0.137. The van der Waals surface area contributed by atoms with Crippen molar-refractivity contribution in [2.45, 2.75) is 19.4 Å². The second kappa shape index (κ2) is 7.18. The Morgan fingerprint density at radius 1 is 1.29 bits per heavy atom. The van der Waals surface area contributed by atoms with Gasteiger partial charge in [-0.25, -0.2) is 4.98 Å². The Morgan fingerprint density at radius 3 is 2.88 bits per heavy atom. The lowest BCUT2D eigenvalue weighted by Gasteiger charge is -2.10. The number of carboxylic acid groups (broad SMARTS) is 1. The van der Waals surface area contributed by atoms with E-state index in [4.69, 9.17) is 5.11 Å². The second-order valence-corrected chi connectivity index (χ2v) is 6.10. The van der Waals surface area contributed by atoms with E-state index < -0.39 is 5.97 Å². The first kappa shape index (κ1) is 16.1. The maximum absolute atomic E-state index is 12.7. The molecule has 7 heteroatoms. The van der Waals surface area contributed by atoms with Crippen molar-refractivity contribution in [1.82, 2.24) is 14.5 Å². The summed E-state index contributed by atoms with van der Waals surface area (Å²) in [5.74, 6) is -0.365. The van der Waals surface area contributed by atoms with Gasteiger partial charge in [-0.2, -0.15) is 0 Å². The summed E-state index contributed by atoms with van der Waals surface area (Å²) in [4.78, 5) is 33.0. The van der Waals surface area contributed by atoms with E-state index in [0.717, 1.165) is 4.88 Å². The number of aliphatic carboxylic acids is 1. The molecule has 0 atom stereocenters. The molecule has 6 nitrogen and oxygen atoms in total. The number of fused-ring (bicyclic) bond motifs is 1. The van der Waals surface area contributed by atoms with Crippen LogP contribution < -0.4 is 5.56 Å². The Hall–Kier alpha value is -2.80. The first-order valence-electron chi connectivity index (χ1n) is 7.43. The molecule has 0 spiro atoms. The lowest BCUT2D eigenvalue weighted by Crippen LogP contribution is -2.24. The van der Waals surface area contributed by atoms with Gasteiger partial charge < -0.3 is 5.11 Å². The average Bonchev–Trinajstić information content (AvgIpc) is 3.08. The number of benzene rings is 1. The van der Waals surface area contributed by atoms with Crippen LogP contribution in [-0.4, -0.2) is 25.6 Å². The van der Waals surface area contributed by atoms with E-state index in [9.17, 15) is 9.59 Å². The number of para-hydroxylation sites is 1. The molecule has 0 saturated heterocycles. The second-order valence-electron chi connectivity index (χ2n) is 5.18. The SMILES string of the molecule is O=C(O)CCCn1c(C=Cc2cncs2)nc2ccccc2c1=O. The molecule has 0 aliphatic carbocycles. The van der Waals surface area contributed by atoms with E-state index in [1.54, 1.807) is 36.0 Å². The van der Waals surface area contributed by atoms with E-state index in [1.165, 1.54) is 15.9 Å². The van der Waals surface area contributed by atoms with Gasteiger partial charge in [0, 0.05) is 24.0 Å². The molecule has 2 heterocycles. The fourth-order valence-electron chi connectivity index (χ4n) is 2.38. The summed E-state index contributed by atoms with van der Waals surface area (Å²) < 4.78 is 1.53. The van der Waals surface area contributed by atoms with Gasteiger partial charge in [0.2, 0.25) is 0 Å². The molecule has 0 amide bonds. The molecule has 0 unspecified atom stereocenters. The minimum Gasteiger partial charge on any atom is -0.481 e. The van der Waals surface area contributed by atoms with Crippen molar-refractivity contribution in [3.05, 3.63) is 57.0 Å². The number of thiazole rings is 1. The molecular formula is C17H15N3O3S. The van der Waals surface area contributed by atoms with Gasteiger partial charge in [-0.15, -0.1) is 11.3 Å². The summed E-state index contributed by atoms with van der Waals surface area (Å²) in [5, 5.41) is 9.34. The lowest BCUT2D eigenvalue weighted by atomic mass is 10.2. The highest BCUT2D eigenvalue weighted by atomic mass is 32.1. The Morgan fingerprint density at radius 2 is 2.12 bits per heavy atom. The third-order valence-corrected chi connectivity index (χ3v) is 4.25. The van der Waals surface area contributed by atoms with E-state index in [-0.39, 0.29) is 12.0 Å². The number of carboxylic acids is 1. The third kappa shape index (κ3) is 3.57. The van der Waals surface area contributed by atoms with Crippen LogP contribution in [0.5, 0.6) is 0 Å². The molecule has 1 aromatic carbocycles. The van der Waals surface area contributed by atoms with Gasteiger partial charge in [0.25, 0.3) is 5.56 Å². The molecule has 3 rings (SSSR count). The Bertz CT molecular complexity index is 945. The van der Waals surface area contributed by atoms with Gasteiger partial charge in [-0.1, -0.05) is 12.1 Å². The quantitative estimate of drug-likeness (QED) is 0.745. The molecule has 0 aliphatic rings. The summed E-state index contributed by atoms with van der Waals surface area (Å²) in [5.41, 5.74) is 2.20. The van der Waals surface area contributed by atoms with Crippen molar-refractivity contribution in [3.8, 4) is 0 Å². The fraction of sp³-hybridized carbons (Fsp3) is 0.176. The van der Waals surface area contributed by atoms with Crippen LogP contribution in [0.1, 0.15) is 23.5 Å². The van der Waals surface area contributed by atoms with Gasteiger partial charge in [-0.05, 0) is 30.7 Å². The molecular weight excluding hydrogens is 326 g/mol. The smallest absolute Gasteiger partial charge is 0.303 e. The van der Waals surface area contributed by atoms with Gasteiger partial charge in [0.05, 0.1) is 16.4 Å². The standard InChI is InChI=1S/C17H15N3O3S/c21-16(22)6-3-9-20-15(8-7-12-10-18-11-24-12)19-14-5-2-1-4-13(14)17(20)23/h1-2,4-5,7-8,10-11H,3,6,9H2,(H,21,22). The molecule has 0 fully saturated rings. The van der Waals surface area contributed by atoms with Crippen molar-refractivity contribution in [3.63, 3.8) is 0 Å². The predicted octanol–water partition coefficient (Wildman–Crippen LogP) is 2.89. The van der Waals surface area contributed by atoms with Crippen LogP contribution >= 0.6 is 11.3 Å². The monoisotopic (exact) mass is 341 g/mol. The highest BCUT2D eigenvalue weighted by Crippen LogP contribution is 2.13. The zero-order valence-electron chi connectivity index (χ0n) is 12.8. The van der Waals surface area contributed by atoms with Crippen molar-refractivity contribution in [2.75, 3.05) is 0 Å². The highest BCUT2D eigenvalue weighted by molar-refractivity contribution is 7.10. The fourth-order valence-corrected chi connectivity index (χ4v) is 2.89. The molecule has 0 saturated carbocycles. The zero-order valence-corrected chi connectivity index (χ0v) is 13.6. The van der Waals surface area contributed by atoms with Crippen LogP contribution in [-0.2, 0) is 11.3 Å². The minimum absolute atomic E-state index is 0.0112. The number of nitrogens with zero attached hydrogens (tertiary/aromatic N) is 3. The first-order chi connectivity index (χ1) is 11.6.